The van der Waals surface area contributed by atoms with Gasteiger partial charge in [0.1, 0.15) is 5.75 Å². The van der Waals surface area contributed by atoms with Crippen molar-refractivity contribution < 1.29 is 9.53 Å². The Labute approximate surface area is 160 Å². The number of hydrogen-bond donors (Lipinski definition) is 1. The summed E-state index contributed by atoms with van der Waals surface area (Å²) in [5.41, 5.74) is 2.78. The SMILES string of the molecule is Cc1cc(Br)ccc1NC(=O)COc1ccc(Br)cc1C(C)(C)C. The minimum absolute atomic E-state index is 0.0276. The smallest absolute Gasteiger partial charge is 0.262 e. The molecular formula is C19H21Br2NO2. The van der Waals surface area contributed by atoms with E-state index in [0.717, 1.165) is 31.5 Å². The number of anilines is 1. The van der Waals surface area contributed by atoms with Gasteiger partial charge in [0.05, 0.1) is 0 Å². The van der Waals surface area contributed by atoms with Crippen LogP contribution in [0.1, 0.15) is 31.9 Å². The van der Waals surface area contributed by atoms with Gasteiger partial charge in [0.2, 0.25) is 0 Å². The van der Waals surface area contributed by atoms with E-state index < -0.39 is 0 Å². The molecule has 0 aliphatic rings. The molecule has 0 bridgehead atoms. The third kappa shape index (κ3) is 5.08. The third-order valence-corrected chi connectivity index (χ3v) is 4.56. The molecule has 0 atom stereocenters. The Hall–Kier alpha value is -1.33. The van der Waals surface area contributed by atoms with Crippen LogP contribution in [-0.2, 0) is 10.2 Å². The van der Waals surface area contributed by atoms with Crippen LogP contribution in [0.3, 0.4) is 0 Å². The maximum atomic E-state index is 12.2. The minimum Gasteiger partial charge on any atom is -0.483 e. The number of carbonyl (C=O) groups is 1. The highest BCUT2D eigenvalue weighted by molar-refractivity contribution is 9.10. The van der Waals surface area contributed by atoms with Gasteiger partial charge < -0.3 is 10.1 Å². The molecule has 24 heavy (non-hydrogen) atoms. The Morgan fingerprint density at radius 2 is 1.71 bits per heavy atom. The first-order valence-corrected chi connectivity index (χ1v) is 9.24. The number of amides is 1. The molecule has 0 aliphatic heterocycles. The van der Waals surface area contributed by atoms with Gasteiger partial charge in [0, 0.05) is 20.2 Å². The number of rotatable bonds is 4. The van der Waals surface area contributed by atoms with Crippen LogP contribution in [-0.4, -0.2) is 12.5 Å². The molecule has 2 aromatic carbocycles. The Kier molecular flexibility index (Phi) is 6.10. The van der Waals surface area contributed by atoms with Crippen molar-refractivity contribution in [3.63, 3.8) is 0 Å². The standard InChI is InChI=1S/C19H21Br2NO2/c1-12-9-13(20)5-7-16(12)22-18(23)11-24-17-8-6-14(21)10-15(17)19(2,3)4/h5-10H,11H2,1-4H3,(H,22,23). The van der Waals surface area contributed by atoms with E-state index in [-0.39, 0.29) is 17.9 Å². The van der Waals surface area contributed by atoms with Gasteiger partial charge in [0.15, 0.2) is 6.61 Å². The lowest BCUT2D eigenvalue weighted by atomic mass is 9.86. The van der Waals surface area contributed by atoms with Gasteiger partial charge >= 0.3 is 0 Å². The van der Waals surface area contributed by atoms with Crippen LogP contribution in [0, 0.1) is 6.92 Å². The van der Waals surface area contributed by atoms with Gasteiger partial charge in [-0.15, -0.1) is 0 Å². The molecule has 0 spiro atoms. The Morgan fingerprint density at radius 1 is 1.08 bits per heavy atom. The molecular weight excluding hydrogens is 434 g/mol. The predicted molar refractivity (Wildman–Crippen MR) is 106 cm³/mol. The summed E-state index contributed by atoms with van der Waals surface area (Å²) in [7, 11) is 0. The summed E-state index contributed by atoms with van der Waals surface area (Å²) in [5.74, 6) is 0.552. The molecule has 1 amide bonds. The molecule has 1 N–H and O–H groups in total. The van der Waals surface area contributed by atoms with Gasteiger partial charge in [-0.1, -0.05) is 52.6 Å². The predicted octanol–water partition coefficient (Wildman–Crippen LogP) is 5.84. The average Bonchev–Trinajstić information content (AvgIpc) is 2.48. The van der Waals surface area contributed by atoms with Crippen LogP contribution in [0.15, 0.2) is 45.3 Å². The van der Waals surface area contributed by atoms with E-state index in [9.17, 15) is 4.79 Å². The van der Waals surface area contributed by atoms with Crippen LogP contribution in [0.4, 0.5) is 5.69 Å². The normalized spacial score (nSPS) is 11.2. The number of hydrogen-bond acceptors (Lipinski definition) is 2. The van der Waals surface area contributed by atoms with Gasteiger partial charge in [-0.2, -0.15) is 0 Å². The van der Waals surface area contributed by atoms with E-state index in [1.165, 1.54) is 0 Å². The largest absolute Gasteiger partial charge is 0.483 e. The summed E-state index contributed by atoms with van der Waals surface area (Å²) in [4.78, 5) is 12.2. The van der Waals surface area contributed by atoms with E-state index in [1.54, 1.807) is 0 Å². The number of halogens is 2. The van der Waals surface area contributed by atoms with Crippen LogP contribution in [0.25, 0.3) is 0 Å². The highest BCUT2D eigenvalue weighted by Gasteiger charge is 2.20. The number of benzene rings is 2. The average molecular weight is 455 g/mol. The topological polar surface area (TPSA) is 38.3 Å². The van der Waals surface area contributed by atoms with Gasteiger partial charge in [-0.3, -0.25) is 4.79 Å². The summed E-state index contributed by atoms with van der Waals surface area (Å²) < 4.78 is 7.75. The van der Waals surface area contributed by atoms with Crippen molar-refractivity contribution in [2.45, 2.75) is 33.1 Å². The summed E-state index contributed by atoms with van der Waals surface area (Å²) in [6.07, 6.45) is 0. The second-order valence-corrected chi connectivity index (χ2v) is 8.52. The first-order chi connectivity index (χ1) is 11.2. The van der Waals surface area contributed by atoms with Crippen molar-refractivity contribution >= 4 is 43.5 Å². The fourth-order valence-electron chi connectivity index (χ4n) is 2.31. The van der Waals surface area contributed by atoms with Crippen LogP contribution in [0.2, 0.25) is 0 Å². The van der Waals surface area contributed by atoms with E-state index in [2.05, 4.69) is 57.9 Å². The van der Waals surface area contributed by atoms with E-state index in [1.807, 2.05) is 43.3 Å². The second-order valence-electron chi connectivity index (χ2n) is 6.69. The lowest BCUT2D eigenvalue weighted by Gasteiger charge is -2.23. The van der Waals surface area contributed by atoms with Crippen molar-refractivity contribution in [2.24, 2.45) is 0 Å². The van der Waals surface area contributed by atoms with Gasteiger partial charge in [0.25, 0.3) is 5.91 Å². The van der Waals surface area contributed by atoms with Crippen LogP contribution in [0.5, 0.6) is 5.75 Å². The zero-order valence-electron chi connectivity index (χ0n) is 14.2. The van der Waals surface area contributed by atoms with Gasteiger partial charge in [-0.05, 0) is 54.3 Å². The fourth-order valence-corrected chi connectivity index (χ4v) is 3.15. The number of aryl methyl sites for hydroxylation is 1. The van der Waals surface area contributed by atoms with Crippen molar-refractivity contribution in [3.8, 4) is 5.75 Å². The van der Waals surface area contributed by atoms with Crippen molar-refractivity contribution in [3.05, 3.63) is 56.5 Å². The highest BCUT2D eigenvalue weighted by Crippen LogP contribution is 2.33. The first kappa shape index (κ1) is 19.0. The summed E-state index contributed by atoms with van der Waals surface area (Å²) in [5, 5.41) is 2.88. The first-order valence-electron chi connectivity index (χ1n) is 7.65. The monoisotopic (exact) mass is 453 g/mol. The molecule has 0 fully saturated rings. The Balaban J connectivity index is 2.07. The minimum atomic E-state index is -0.178. The van der Waals surface area contributed by atoms with E-state index in [4.69, 9.17) is 4.74 Å². The zero-order chi connectivity index (χ0) is 17.9. The molecule has 0 aromatic heterocycles. The van der Waals surface area contributed by atoms with Crippen molar-refractivity contribution in [2.75, 3.05) is 11.9 Å². The van der Waals surface area contributed by atoms with Crippen molar-refractivity contribution in [1.29, 1.82) is 0 Å². The molecule has 0 saturated carbocycles. The Morgan fingerprint density at radius 3 is 2.33 bits per heavy atom. The molecule has 5 heteroatoms. The zero-order valence-corrected chi connectivity index (χ0v) is 17.4. The maximum Gasteiger partial charge on any atom is 0.262 e. The molecule has 0 heterocycles. The molecule has 0 unspecified atom stereocenters. The highest BCUT2D eigenvalue weighted by atomic mass is 79.9. The molecule has 2 aromatic rings. The quantitative estimate of drug-likeness (QED) is 0.630. The number of ether oxygens (including phenoxy) is 1. The van der Waals surface area contributed by atoms with Crippen LogP contribution >= 0.6 is 31.9 Å². The van der Waals surface area contributed by atoms with Gasteiger partial charge in [-0.25, -0.2) is 0 Å². The molecule has 128 valence electrons. The molecule has 3 nitrogen and oxygen atoms in total. The molecule has 0 radical (unpaired) electrons. The third-order valence-electron chi connectivity index (χ3n) is 3.57. The molecule has 0 aliphatic carbocycles. The Bertz CT molecular complexity index is 752. The van der Waals surface area contributed by atoms with Crippen LogP contribution < -0.4 is 10.1 Å². The summed E-state index contributed by atoms with van der Waals surface area (Å²) >= 11 is 6.90. The number of nitrogens with one attached hydrogen (secondary N) is 1. The second kappa shape index (κ2) is 7.70. The van der Waals surface area contributed by atoms with E-state index in [0.29, 0.717) is 0 Å². The molecule has 0 saturated heterocycles. The van der Waals surface area contributed by atoms with E-state index >= 15 is 0 Å². The van der Waals surface area contributed by atoms with Crippen molar-refractivity contribution in [1.82, 2.24) is 0 Å². The lowest BCUT2D eigenvalue weighted by Crippen LogP contribution is -2.22. The summed E-state index contributed by atoms with van der Waals surface area (Å²) in [6.45, 7) is 8.28. The fraction of sp³-hybridized carbons (Fsp3) is 0.316. The summed E-state index contributed by atoms with van der Waals surface area (Å²) in [6, 6.07) is 11.6. The lowest BCUT2D eigenvalue weighted by molar-refractivity contribution is -0.118. The maximum absolute atomic E-state index is 12.2. The molecule has 2 rings (SSSR count). The number of carbonyl (C=O) groups excluding carboxylic acids is 1.